The van der Waals surface area contributed by atoms with Crippen LogP contribution in [0, 0.1) is 17.3 Å². The zero-order chi connectivity index (χ0) is 13.6. The third-order valence-corrected chi connectivity index (χ3v) is 5.57. The highest BCUT2D eigenvalue weighted by atomic mass is 16.3. The predicted octanol–water partition coefficient (Wildman–Crippen LogP) is 1.86. The van der Waals surface area contributed by atoms with E-state index in [1.54, 1.807) is 6.92 Å². The van der Waals surface area contributed by atoms with Crippen molar-refractivity contribution in [3.05, 3.63) is 12.2 Å². The van der Waals surface area contributed by atoms with E-state index in [-0.39, 0.29) is 23.9 Å². The van der Waals surface area contributed by atoms with Crippen LogP contribution in [0.3, 0.4) is 0 Å². The van der Waals surface area contributed by atoms with Gasteiger partial charge in [0, 0.05) is 0 Å². The van der Waals surface area contributed by atoms with Gasteiger partial charge < -0.3 is 15.3 Å². The van der Waals surface area contributed by atoms with Crippen LogP contribution in [0.25, 0.3) is 0 Å². The quantitative estimate of drug-likeness (QED) is 0.659. The molecule has 3 heteroatoms. The summed E-state index contributed by atoms with van der Waals surface area (Å²) in [6.07, 6.45) is 3.96. The average Bonchev–Trinajstić information content (AvgIpc) is 2.34. The predicted molar refractivity (Wildman–Crippen MR) is 71.0 cm³/mol. The van der Waals surface area contributed by atoms with Crippen LogP contribution in [0.2, 0.25) is 0 Å². The fourth-order valence-electron chi connectivity index (χ4n) is 4.10. The number of rotatable bonds is 2. The molecule has 0 amide bonds. The van der Waals surface area contributed by atoms with Crippen molar-refractivity contribution in [3.8, 4) is 0 Å². The first kappa shape index (κ1) is 14.0. The SMILES string of the molecule is C=C(CO)[C@@H]1CC[C@@]2(C)CC[C@H](O)[C@@](C)(O)[C@@H]2C1. The van der Waals surface area contributed by atoms with E-state index in [2.05, 4.69) is 13.5 Å². The van der Waals surface area contributed by atoms with Crippen LogP contribution in [0.4, 0.5) is 0 Å². The van der Waals surface area contributed by atoms with E-state index < -0.39 is 11.7 Å². The first-order valence-corrected chi connectivity index (χ1v) is 7.00. The van der Waals surface area contributed by atoms with Crippen LogP contribution in [0.15, 0.2) is 12.2 Å². The summed E-state index contributed by atoms with van der Waals surface area (Å²) >= 11 is 0. The highest BCUT2D eigenvalue weighted by Crippen LogP contribution is 2.56. The van der Waals surface area contributed by atoms with E-state index in [0.717, 1.165) is 31.3 Å². The van der Waals surface area contributed by atoms with Gasteiger partial charge in [-0.15, -0.1) is 0 Å². The van der Waals surface area contributed by atoms with Crippen molar-refractivity contribution < 1.29 is 15.3 Å². The highest BCUT2D eigenvalue weighted by molar-refractivity contribution is 5.11. The lowest BCUT2D eigenvalue weighted by Gasteiger charge is -2.56. The van der Waals surface area contributed by atoms with Crippen LogP contribution in [-0.4, -0.2) is 33.6 Å². The van der Waals surface area contributed by atoms with Crippen LogP contribution in [-0.2, 0) is 0 Å². The molecule has 5 atom stereocenters. The van der Waals surface area contributed by atoms with Gasteiger partial charge in [-0.25, -0.2) is 0 Å². The van der Waals surface area contributed by atoms with Crippen molar-refractivity contribution in [2.75, 3.05) is 6.61 Å². The molecule has 104 valence electrons. The summed E-state index contributed by atoms with van der Waals surface area (Å²) in [5.74, 6) is 0.376. The van der Waals surface area contributed by atoms with Gasteiger partial charge in [0.05, 0.1) is 18.3 Å². The topological polar surface area (TPSA) is 60.7 Å². The second-order valence-electron chi connectivity index (χ2n) is 6.77. The van der Waals surface area contributed by atoms with E-state index in [4.69, 9.17) is 0 Å². The van der Waals surface area contributed by atoms with E-state index in [9.17, 15) is 15.3 Å². The van der Waals surface area contributed by atoms with Crippen LogP contribution in [0.1, 0.15) is 46.0 Å². The molecule has 0 aromatic rings. The van der Waals surface area contributed by atoms with Crippen molar-refractivity contribution in [2.24, 2.45) is 17.3 Å². The number of aliphatic hydroxyl groups excluding tert-OH is 2. The molecule has 0 aromatic heterocycles. The van der Waals surface area contributed by atoms with E-state index in [1.165, 1.54) is 0 Å². The molecule has 0 aromatic carbocycles. The molecule has 0 radical (unpaired) electrons. The fourth-order valence-corrected chi connectivity index (χ4v) is 4.10. The normalized spacial score (nSPS) is 48.6. The Morgan fingerprint density at radius 2 is 1.89 bits per heavy atom. The van der Waals surface area contributed by atoms with E-state index in [1.807, 2.05) is 0 Å². The maximum atomic E-state index is 10.6. The van der Waals surface area contributed by atoms with E-state index in [0.29, 0.717) is 6.42 Å². The van der Waals surface area contributed by atoms with E-state index >= 15 is 0 Å². The first-order valence-electron chi connectivity index (χ1n) is 7.00. The van der Waals surface area contributed by atoms with Gasteiger partial charge in [0.15, 0.2) is 0 Å². The molecular weight excluding hydrogens is 228 g/mol. The van der Waals surface area contributed by atoms with Gasteiger partial charge in [-0.3, -0.25) is 0 Å². The molecule has 2 fully saturated rings. The Labute approximate surface area is 110 Å². The molecule has 3 nitrogen and oxygen atoms in total. The molecule has 0 heterocycles. The Morgan fingerprint density at radius 1 is 1.28 bits per heavy atom. The summed E-state index contributed by atoms with van der Waals surface area (Å²) in [6, 6.07) is 0. The second-order valence-corrected chi connectivity index (χ2v) is 6.77. The number of fused-ring (bicyclic) bond motifs is 1. The maximum absolute atomic E-state index is 10.6. The molecule has 0 bridgehead atoms. The molecule has 2 aliphatic rings. The molecular formula is C15H26O3. The van der Waals surface area contributed by atoms with Gasteiger partial charge in [0.1, 0.15) is 0 Å². The Morgan fingerprint density at radius 3 is 2.50 bits per heavy atom. The summed E-state index contributed by atoms with van der Waals surface area (Å²) in [5, 5.41) is 29.9. The summed E-state index contributed by atoms with van der Waals surface area (Å²) < 4.78 is 0. The standard InChI is InChI=1S/C15H26O3/c1-10(9-16)11-4-6-14(2)7-5-13(17)15(3,18)12(14)8-11/h11-13,16-18H,1,4-9H2,2-3H3/t11-,12-,13+,14+,15+/m1/s1. The highest BCUT2D eigenvalue weighted by Gasteiger charge is 2.54. The van der Waals surface area contributed by atoms with Crippen LogP contribution < -0.4 is 0 Å². The number of hydrogen-bond acceptors (Lipinski definition) is 3. The Balaban J connectivity index is 2.22. The molecule has 18 heavy (non-hydrogen) atoms. The third-order valence-electron chi connectivity index (χ3n) is 5.57. The third kappa shape index (κ3) is 2.13. The Kier molecular flexibility index (Phi) is 3.60. The minimum atomic E-state index is -1.01. The lowest BCUT2D eigenvalue weighted by atomic mass is 9.52. The van der Waals surface area contributed by atoms with Gasteiger partial charge >= 0.3 is 0 Å². The van der Waals surface area contributed by atoms with Gasteiger partial charge in [0.2, 0.25) is 0 Å². The molecule has 2 aliphatic carbocycles. The second kappa shape index (κ2) is 4.62. The number of hydrogen-bond donors (Lipinski definition) is 3. The molecule has 3 N–H and O–H groups in total. The zero-order valence-corrected chi connectivity index (χ0v) is 11.5. The van der Waals surface area contributed by atoms with Crippen molar-refractivity contribution in [1.29, 1.82) is 0 Å². The molecule has 0 aliphatic heterocycles. The Bertz CT molecular complexity index is 332. The lowest BCUT2D eigenvalue weighted by Crippen LogP contribution is -2.58. The van der Waals surface area contributed by atoms with Crippen molar-refractivity contribution in [1.82, 2.24) is 0 Å². The molecule has 0 spiro atoms. The van der Waals surface area contributed by atoms with Crippen molar-refractivity contribution in [2.45, 2.75) is 57.7 Å². The average molecular weight is 254 g/mol. The lowest BCUT2D eigenvalue weighted by molar-refractivity contribution is -0.183. The number of aliphatic hydroxyl groups is 3. The summed E-state index contributed by atoms with van der Waals surface area (Å²) in [5.41, 5.74) is -0.0241. The first-order chi connectivity index (χ1) is 8.31. The molecule has 0 unspecified atom stereocenters. The zero-order valence-electron chi connectivity index (χ0n) is 11.5. The van der Waals surface area contributed by atoms with Crippen LogP contribution in [0.5, 0.6) is 0 Å². The fraction of sp³-hybridized carbons (Fsp3) is 0.867. The monoisotopic (exact) mass is 254 g/mol. The van der Waals surface area contributed by atoms with Gasteiger partial charge in [-0.05, 0) is 61.9 Å². The minimum absolute atomic E-state index is 0.0266. The molecule has 2 rings (SSSR count). The summed E-state index contributed by atoms with van der Waals surface area (Å²) in [4.78, 5) is 0. The molecule has 0 saturated heterocycles. The maximum Gasteiger partial charge on any atom is 0.0910 e. The van der Waals surface area contributed by atoms with Crippen LogP contribution >= 0.6 is 0 Å². The largest absolute Gasteiger partial charge is 0.392 e. The van der Waals surface area contributed by atoms with Gasteiger partial charge in [-0.1, -0.05) is 13.5 Å². The smallest absolute Gasteiger partial charge is 0.0910 e. The van der Waals surface area contributed by atoms with Crippen molar-refractivity contribution >= 4 is 0 Å². The van der Waals surface area contributed by atoms with Gasteiger partial charge in [0.25, 0.3) is 0 Å². The molecule has 2 saturated carbocycles. The Hall–Kier alpha value is -0.380. The minimum Gasteiger partial charge on any atom is -0.392 e. The van der Waals surface area contributed by atoms with Gasteiger partial charge in [-0.2, -0.15) is 0 Å². The summed E-state index contributed by atoms with van der Waals surface area (Å²) in [6.45, 7) is 7.96. The summed E-state index contributed by atoms with van der Waals surface area (Å²) in [7, 11) is 0. The van der Waals surface area contributed by atoms with Crippen molar-refractivity contribution in [3.63, 3.8) is 0 Å².